The molecule has 0 unspecified atom stereocenters. The molecular weight excluding hydrogens is 236 g/mol. The molecule has 1 aliphatic rings. The molecule has 92 valence electrons. The Morgan fingerprint density at radius 3 is 2.41 bits per heavy atom. The van der Waals surface area contributed by atoms with Gasteiger partial charge in [0.1, 0.15) is 6.29 Å². The van der Waals surface area contributed by atoms with Crippen molar-refractivity contribution >= 4 is 17.9 Å². The molecule has 0 radical (unpaired) electrons. The summed E-state index contributed by atoms with van der Waals surface area (Å²) in [5.41, 5.74) is 1.15. The van der Waals surface area contributed by atoms with Gasteiger partial charge >= 0.3 is 0 Å². The van der Waals surface area contributed by atoms with E-state index in [2.05, 4.69) is 0 Å². The maximum atomic E-state index is 10.6. The summed E-state index contributed by atoms with van der Waals surface area (Å²) in [4.78, 5) is 10.6. The Hall–Kier alpha value is -0.860. The highest BCUT2D eigenvalue weighted by Crippen LogP contribution is 2.25. The molecule has 0 N–H and O–H groups in total. The summed E-state index contributed by atoms with van der Waals surface area (Å²) in [5.74, 6) is 0.255. The number of hydrogen-bond acceptors (Lipinski definition) is 2. The molecule has 1 aromatic rings. The summed E-state index contributed by atoms with van der Waals surface area (Å²) in [5, 5.41) is 0.750. The van der Waals surface area contributed by atoms with E-state index in [0.29, 0.717) is 12.7 Å². The van der Waals surface area contributed by atoms with Crippen LogP contribution in [0.1, 0.15) is 31.2 Å². The number of halogens is 1. The zero-order valence-electron chi connectivity index (χ0n) is 9.77. The highest BCUT2D eigenvalue weighted by Gasteiger charge is 2.20. The Balaban J connectivity index is 1.75. The monoisotopic (exact) mass is 252 g/mol. The quantitative estimate of drug-likeness (QED) is 0.765. The van der Waals surface area contributed by atoms with Crippen LogP contribution in [0.4, 0.5) is 0 Å². The van der Waals surface area contributed by atoms with Crippen LogP contribution >= 0.6 is 11.6 Å². The molecule has 0 amide bonds. The second-order valence-corrected chi connectivity index (χ2v) is 5.05. The Kier molecular flexibility index (Phi) is 4.57. The van der Waals surface area contributed by atoms with Gasteiger partial charge in [-0.05, 0) is 43.4 Å². The number of carbonyl (C=O) groups is 1. The fourth-order valence-corrected chi connectivity index (χ4v) is 2.31. The molecule has 2 rings (SSSR count). The van der Waals surface area contributed by atoms with E-state index >= 15 is 0 Å². The molecule has 0 spiro atoms. The van der Waals surface area contributed by atoms with E-state index in [4.69, 9.17) is 16.3 Å². The lowest BCUT2D eigenvalue weighted by Gasteiger charge is -2.25. The summed E-state index contributed by atoms with van der Waals surface area (Å²) < 4.78 is 5.84. The van der Waals surface area contributed by atoms with E-state index in [-0.39, 0.29) is 5.92 Å². The molecule has 0 bridgehead atoms. The molecular formula is C14H17ClO2. The second kappa shape index (κ2) is 6.18. The smallest absolute Gasteiger partial charge is 0.123 e. The number of benzene rings is 1. The van der Waals surface area contributed by atoms with Crippen molar-refractivity contribution in [2.45, 2.75) is 38.4 Å². The first-order valence-corrected chi connectivity index (χ1v) is 6.47. The molecule has 17 heavy (non-hydrogen) atoms. The van der Waals surface area contributed by atoms with Crippen molar-refractivity contribution in [2.75, 3.05) is 0 Å². The van der Waals surface area contributed by atoms with Gasteiger partial charge in [-0.15, -0.1) is 0 Å². The van der Waals surface area contributed by atoms with Gasteiger partial charge in [-0.3, -0.25) is 0 Å². The largest absolute Gasteiger partial charge is 0.374 e. The zero-order valence-corrected chi connectivity index (χ0v) is 10.5. The van der Waals surface area contributed by atoms with Gasteiger partial charge in [0.2, 0.25) is 0 Å². The SMILES string of the molecule is O=CC1CCC(OCc2ccc(Cl)cc2)CC1. The molecule has 0 heterocycles. The second-order valence-electron chi connectivity index (χ2n) is 4.61. The van der Waals surface area contributed by atoms with Crippen molar-refractivity contribution in [1.82, 2.24) is 0 Å². The average molecular weight is 253 g/mol. The summed E-state index contributed by atoms with van der Waals surface area (Å²) in [6.07, 6.45) is 5.31. The first-order valence-electron chi connectivity index (χ1n) is 6.09. The molecule has 1 fully saturated rings. The van der Waals surface area contributed by atoms with Crippen LogP contribution in [0.5, 0.6) is 0 Å². The van der Waals surface area contributed by atoms with Gasteiger partial charge in [0.15, 0.2) is 0 Å². The van der Waals surface area contributed by atoms with Crippen LogP contribution in [0.15, 0.2) is 24.3 Å². The van der Waals surface area contributed by atoms with E-state index in [0.717, 1.165) is 42.6 Å². The number of ether oxygens (including phenoxy) is 1. The van der Waals surface area contributed by atoms with Crippen molar-refractivity contribution < 1.29 is 9.53 Å². The van der Waals surface area contributed by atoms with Crippen LogP contribution in [-0.4, -0.2) is 12.4 Å². The van der Waals surface area contributed by atoms with Crippen molar-refractivity contribution in [3.63, 3.8) is 0 Å². The number of rotatable bonds is 4. The van der Waals surface area contributed by atoms with Gasteiger partial charge in [0.25, 0.3) is 0 Å². The molecule has 0 atom stereocenters. The molecule has 1 saturated carbocycles. The van der Waals surface area contributed by atoms with Crippen LogP contribution in [0.25, 0.3) is 0 Å². The van der Waals surface area contributed by atoms with Gasteiger partial charge in [-0.1, -0.05) is 23.7 Å². The number of hydrogen-bond donors (Lipinski definition) is 0. The highest BCUT2D eigenvalue weighted by molar-refractivity contribution is 6.30. The fourth-order valence-electron chi connectivity index (χ4n) is 2.19. The standard InChI is InChI=1S/C14H17ClO2/c15-13-5-1-12(2-6-13)10-17-14-7-3-11(9-16)4-8-14/h1-2,5-6,9,11,14H,3-4,7-8,10H2. The first-order chi connectivity index (χ1) is 8.28. The number of carbonyl (C=O) groups excluding carboxylic acids is 1. The van der Waals surface area contributed by atoms with Gasteiger partial charge in [-0.25, -0.2) is 0 Å². The highest BCUT2D eigenvalue weighted by atomic mass is 35.5. The Morgan fingerprint density at radius 2 is 1.82 bits per heavy atom. The van der Waals surface area contributed by atoms with Crippen LogP contribution in [0.3, 0.4) is 0 Å². The van der Waals surface area contributed by atoms with E-state index in [9.17, 15) is 4.79 Å². The third kappa shape index (κ3) is 3.83. The summed E-state index contributed by atoms with van der Waals surface area (Å²) in [6.45, 7) is 0.633. The number of aldehydes is 1. The van der Waals surface area contributed by atoms with E-state index < -0.39 is 0 Å². The van der Waals surface area contributed by atoms with Gasteiger partial charge in [0, 0.05) is 10.9 Å². The Labute approximate surface area is 107 Å². The summed E-state index contributed by atoms with van der Waals surface area (Å²) >= 11 is 5.82. The van der Waals surface area contributed by atoms with Crippen LogP contribution in [0.2, 0.25) is 5.02 Å². The summed E-state index contributed by atoms with van der Waals surface area (Å²) in [6, 6.07) is 7.73. The van der Waals surface area contributed by atoms with Crippen molar-refractivity contribution in [2.24, 2.45) is 5.92 Å². The Morgan fingerprint density at radius 1 is 1.18 bits per heavy atom. The molecule has 0 saturated heterocycles. The van der Waals surface area contributed by atoms with Crippen LogP contribution < -0.4 is 0 Å². The minimum Gasteiger partial charge on any atom is -0.374 e. The molecule has 0 aliphatic heterocycles. The third-order valence-electron chi connectivity index (χ3n) is 3.31. The van der Waals surface area contributed by atoms with Gasteiger partial charge in [0.05, 0.1) is 12.7 Å². The lowest BCUT2D eigenvalue weighted by molar-refractivity contribution is -0.113. The average Bonchev–Trinajstić information content (AvgIpc) is 2.39. The normalized spacial score (nSPS) is 24.5. The van der Waals surface area contributed by atoms with Crippen molar-refractivity contribution in [3.8, 4) is 0 Å². The molecule has 0 aromatic heterocycles. The minimum absolute atomic E-state index is 0.255. The van der Waals surface area contributed by atoms with Gasteiger partial charge < -0.3 is 9.53 Å². The first kappa shape index (κ1) is 12.6. The Bertz CT molecular complexity index is 353. The zero-order chi connectivity index (χ0) is 12.1. The lowest BCUT2D eigenvalue weighted by Crippen LogP contribution is -2.22. The van der Waals surface area contributed by atoms with E-state index in [1.165, 1.54) is 0 Å². The maximum Gasteiger partial charge on any atom is 0.123 e. The topological polar surface area (TPSA) is 26.3 Å². The van der Waals surface area contributed by atoms with Crippen molar-refractivity contribution in [3.05, 3.63) is 34.9 Å². The molecule has 3 heteroatoms. The van der Waals surface area contributed by atoms with Crippen LogP contribution in [0, 0.1) is 5.92 Å². The molecule has 1 aromatic carbocycles. The predicted molar refractivity (Wildman–Crippen MR) is 68.1 cm³/mol. The lowest BCUT2D eigenvalue weighted by atomic mass is 9.88. The van der Waals surface area contributed by atoms with E-state index in [1.54, 1.807) is 0 Å². The fraction of sp³-hybridized carbons (Fsp3) is 0.500. The van der Waals surface area contributed by atoms with E-state index in [1.807, 2.05) is 24.3 Å². The molecule has 1 aliphatic carbocycles. The summed E-state index contributed by atoms with van der Waals surface area (Å²) in [7, 11) is 0. The predicted octanol–water partition coefficient (Wildman–Crippen LogP) is 3.61. The molecule has 2 nitrogen and oxygen atoms in total. The maximum absolute atomic E-state index is 10.6. The van der Waals surface area contributed by atoms with Crippen molar-refractivity contribution in [1.29, 1.82) is 0 Å². The van der Waals surface area contributed by atoms with Gasteiger partial charge in [-0.2, -0.15) is 0 Å². The third-order valence-corrected chi connectivity index (χ3v) is 3.56. The minimum atomic E-state index is 0.255. The van der Waals surface area contributed by atoms with Crippen LogP contribution in [-0.2, 0) is 16.1 Å².